The van der Waals surface area contributed by atoms with Crippen LogP contribution in [0.25, 0.3) is 5.65 Å². The monoisotopic (exact) mass is 508 g/mol. The van der Waals surface area contributed by atoms with Crippen molar-refractivity contribution in [3.05, 3.63) is 57.3 Å². The molecule has 1 fully saturated rings. The fourth-order valence-electron chi connectivity index (χ4n) is 4.61. The fraction of sp³-hybridized carbons (Fsp3) is 0.381. The molecule has 5 rings (SSSR count). The summed E-state index contributed by atoms with van der Waals surface area (Å²) in [6, 6.07) is 9.88. The normalized spacial score (nSPS) is 16.4. The minimum atomic E-state index is 0. The first-order valence-corrected chi connectivity index (χ1v) is 10.5. The first-order valence-electron chi connectivity index (χ1n) is 9.70. The lowest BCUT2D eigenvalue weighted by Gasteiger charge is -2.34. The van der Waals surface area contributed by atoms with Crippen molar-refractivity contribution in [3.8, 4) is 6.07 Å². The molecule has 30 heavy (non-hydrogen) atoms. The third kappa shape index (κ3) is 3.78. The third-order valence-corrected chi connectivity index (χ3v) is 6.72. The molecular formula is C21H23BrCl2N6. The number of hydrogen-bond acceptors (Lipinski definition) is 5. The van der Waals surface area contributed by atoms with Crippen molar-refractivity contribution in [3.63, 3.8) is 0 Å². The summed E-state index contributed by atoms with van der Waals surface area (Å²) < 4.78 is 2.85. The maximum absolute atomic E-state index is 8.99. The number of halogens is 3. The lowest BCUT2D eigenvalue weighted by Crippen LogP contribution is -2.39. The quantitative estimate of drug-likeness (QED) is 0.547. The summed E-state index contributed by atoms with van der Waals surface area (Å²) in [4.78, 5) is 5.08. The number of piperidine rings is 1. The van der Waals surface area contributed by atoms with E-state index in [0.717, 1.165) is 60.3 Å². The van der Waals surface area contributed by atoms with Gasteiger partial charge in [-0.25, -0.2) is 4.98 Å². The predicted molar refractivity (Wildman–Crippen MR) is 126 cm³/mol. The largest absolute Gasteiger partial charge is 0.366 e. The van der Waals surface area contributed by atoms with Gasteiger partial charge in [-0.2, -0.15) is 14.9 Å². The summed E-state index contributed by atoms with van der Waals surface area (Å²) in [5.74, 6) is 1.05. The van der Waals surface area contributed by atoms with E-state index in [1.807, 2.05) is 35.0 Å². The van der Waals surface area contributed by atoms with E-state index in [0.29, 0.717) is 12.1 Å². The van der Waals surface area contributed by atoms with Gasteiger partial charge in [0, 0.05) is 17.5 Å². The van der Waals surface area contributed by atoms with E-state index in [9.17, 15) is 0 Å². The van der Waals surface area contributed by atoms with Crippen molar-refractivity contribution in [1.29, 1.82) is 5.26 Å². The van der Waals surface area contributed by atoms with Crippen LogP contribution in [0.15, 0.2) is 34.9 Å². The Bertz CT molecular complexity index is 1080. The Labute approximate surface area is 196 Å². The van der Waals surface area contributed by atoms with Crippen molar-refractivity contribution < 1.29 is 0 Å². The Morgan fingerprint density at radius 1 is 1.17 bits per heavy atom. The minimum absolute atomic E-state index is 0. The van der Waals surface area contributed by atoms with Crippen LogP contribution in [0.1, 0.15) is 41.6 Å². The van der Waals surface area contributed by atoms with Gasteiger partial charge in [-0.15, -0.1) is 24.8 Å². The average molecular weight is 510 g/mol. The molecule has 0 amide bonds. The highest BCUT2D eigenvalue weighted by Gasteiger charge is 2.43. The van der Waals surface area contributed by atoms with Crippen molar-refractivity contribution in [1.82, 2.24) is 19.9 Å². The first kappa shape index (κ1) is 22.8. The maximum atomic E-state index is 8.99. The molecule has 0 atom stereocenters. The molecule has 3 aromatic rings. The van der Waals surface area contributed by atoms with Crippen LogP contribution in [-0.4, -0.2) is 27.7 Å². The van der Waals surface area contributed by atoms with Crippen LogP contribution in [0.3, 0.4) is 0 Å². The van der Waals surface area contributed by atoms with Crippen LogP contribution in [0.4, 0.5) is 5.82 Å². The number of benzene rings is 1. The molecular weight excluding hydrogens is 487 g/mol. The van der Waals surface area contributed by atoms with E-state index in [1.54, 1.807) is 0 Å². The number of nitriles is 1. The second-order valence-electron chi connectivity index (χ2n) is 7.71. The molecule has 2 aliphatic rings. The zero-order chi connectivity index (χ0) is 19.1. The molecule has 1 saturated heterocycles. The van der Waals surface area contributed by atoms with Crippen molar-refractivity contribution >= 4 is 52.2 Å². The number of aromatic nitrogens is 3. The first-order chi connectivity index (χ1) is 13.7. The van der Waals surface area contributed by atoms with Gasteiger partial charge in [-0.1, -0.05) is 12.1 Å². The average Bonchev–Trinajstić information content (AvgIpc) is 3.28. The van der Waals surface area contributed by atoms with Crippen molar-refractivity contribution in [2.75, 3.05) is 18.4 Å². The summed E-state index contributed by atoms with van der Waals surface area (Å²) in [7, 11) is 0. The van der Waals surface area contributed by atoms with Gasteiger partial charge in [-0.05, 0) is 72.4 Å². The molecule has 1 aliphatic heterocycles. The molecule has 0 radical (unpaired) electrons. The Morgan fingerprint density at radius 2 is 1.90 bits per heavy atom. The molecule has 1 aromatic carbocycles. The molecule has 0 bridgehead atoms. The molecule has 0 unspecified atom stereocenters. The number of rotatable bonds is 3. The molecule has 0 saturated carbocycles. The Kier molecular flexibility index (Phi) is 6.93. The zero-order valence-corrected chi connectivity index (χ0v) is 19.5. The SMILES string of the molecule is Cl.Cl.N#Cc1ccc(CNc2c3c(nc4c(Br)cnn24)C2(CCNCC2)CC3)cc1. The number of hydrogen-bond donors (Lipinski definition) is 2. The van der Waals surface area contributed by atoms with E-state index in [4.69, 9.17) is 10.2 Å². The summed E-state index contributed by atoms with van der Waals surface area (Å²) in [6.07, 6.45) is 6.30. The summed E-state index contributed by atoms with van der Waals surface area (Å²) >= 11 is 3.62. The standard InChI is InChI=1S/C21H21BrN6.2ClH/c22-17-13-26-28-19(25-12-15-3-1-14(11-23)2-4-15)16-5-6-21(7-9-24-10-8-21)18(16)27-20(17)28;;/h1-4,13,24-25H,5-10,12H2;2*1H. The molecule has 9 heteroatoms. The van der Waals surface area contributed by atoms with Gasteiger partial charge in [0.25, 0.3) is 0 Å². The van der Waals surface area contributed by atoms with E-state index in [-0.39, 0.29) is 30.2 Å². The van der Waals surface area contributed by atoms with Crippen LogP contribution in [0.2, 0.25) is 0 Å². The number of fused-ring (bicyclic) bond motifs is 3. The van der Waals surface area contributed by atoms with E-state index < -0.39 is 0 Å². The van der Waals surface area contributed by atoms with Crippen LogP contribution in [0, 0.1) is 11.3 Å². The molecule has 3 heterocycles. The molecule has 6 nitrogen and oxygen atoms in total. The van der Waals surface area contributed by atoms with Crippen LogP contribution < -0.4 is 10.6 Å². The maximum Gasteiger partial charge on any atom is 0.171 e. The Hall–Kier alpha value is -1.85. The van der Waals surface area contributed by atoms with Crippen LogP contribution >= 0.6 is 40.7 Å². The third-order valence-electron chi connectivity index (χ3n) is 6.16. The molecule has 2 aromatic heterocycles. The lowest BCUT2D eigenvalue weighted by atomic mass is 9.77. The van der Waals surface area contributed by atoms with Crippen LogP contribution in [-0.2, 0) is 18.4 Å². The van der Waals surface area contributed by atoms with Gasteiger partial charge >= 0.3 is 0 Å². The molecule has 2 N–H and O–H groups in total. The second kappa shape index (κ2) is 9.11. The smallest absolute Gasteiger partial charge is 0.171 e. The van der Waals surface area contributed by atoms with Crippen molar-refractivity contribution in [2.24, 2.45) is 0 Å². The van der Waals surface area contributed by atoms with Gasteiger partial charge in [0.05, 0.1) is 28.0 Å². The topological polar surface area (TPSA) is 78.0 Å². The second-order valence-corrected chi connectivity index (χ2v) is 8.56. The molecule has 1 spiro atoms. The van der Waals surface area contributed by atoms with Crippen LogP contribution in [0.5, 0.6) is 0 Å². The highest BCUT2D eigenvalue weighted by atomic mass is 79.9. The van der Waals surface area contributed by atoms with Gasteiger partial charge in [0.1, 0.15) is 5.82 Å². The summed E-state index contributed by atoms with van der Waals surface area (Å²) in [6.45, 7) is 2.80. The highest BCUT2D eigenvalue weighted by Crippen LogP contribution is 2.46. The highest BCUT2D eigenvalue weighted by molar-refractivity contribution is 9.10. The van der Waals surface area contributed by atoms with E-state index >= 15 is 0 Å². The predicted octanol–water partition coefficient (Wildman–Crippen LogP) is 4.39. The van der Waals surface area contributed by atoms with Gasteiger partial charge in [0.2, 0.25) is 0 Å². The number of anilines is 1. The lowest BCUT2D eigenvalue weighted by molar-refractivity contribution is 0.301. The fourth-order valence-corrected chi connectivity index (χ4v) is 4.96. The number of nitrogens with zero attached hydrogens (tertiary/aromatic N) is 4. The van der Waals surface area contributed by atoms with Gasteiger partial charge < -0.3 is 10.6 Å². The number of nitrogens with one attached hydrogen (secondary N) is 2. The van der Waals surface area contributed by atoms with Gasteiger partial charge in [-0.3, -0.25) is 0 Å². The summed E-state index contributed by atoms with van der Waals surface area (Å²) in [5.41, 5.74) is 5.44. The zero-order valence-electron chi connectivity index (χ0n) is 16.3. The van der Waals surface area contributed by atoms with E-state index in [1.165, 1.54) is 11.3 Å². The Morgan fingerprint density at radius 3 is 2.60 bits per heavy atom. The minimum Gasteiger partial charge on any atom is -0.366 e. The van der Waals surface area contributed by atoms with Gasteiger partial charge in [0.15, 0.2) is 5.65 Å². The summed E-state index contributed by atoms with van der Waals surface area (Å²) in [5, 5.41) is 20.7. The van der Waals surface area contributed by atoms with E-state index in [2.05, 4.69) is 37.7 Å². The molecule has 1 aliphatic carbocycles. The van der Waals surface area contributed by atoms with Crippen molar-refractivity contribution in [2.45, 2.75) is 37.6 Å². The Balaban J connectivity index is 0.00000128. The molecule has 158 valence electrons.